The Bertz CT molecular complexity index is 694. The highest BCUT2D eigenvalue weighted by molar-refractivity contribution is 7.92. The molecule has 0 bridgehead atoms. The SMILES string of the molecule is Cc1ccc(S(=O)(=O)Nc2ccc(Cl)cc2)c(C)c1. The molecule has 100 valence electrons. The van der Waals surface area contributed by atoms with Crippen LogP contribution in [-0.2, 0) is 10.0 Å². The molecule has 0 saturated heterocycles. The number of hydrogen-bond donors (Lipinski definition) is 1. The summed E-state index contributed by atoms with van der Waals surface area (Å²) < 4.78 is 27.1. The monoisotopic (exact) mass is 295 g/mol. The first-order chi connectivity index (χ1) is 8.88. The summed E-state index contributed by atoms with van der Waals surface area (Å²) in [6.45, 7) is 3.71. The fourth-order valence-electron chi connectivity index (χ4n) is 1.83. The summed E-state index contributed by atoms with van der Waals surface area (Å²) in [5.74, 6) is 0. The lowest BCUT2D eigenvalue weighted by molar-refractivity contribution is 0.600. The van der Waals surface area contributed by atoms with Gasteiger partial charge in [-0.25, -0.2) is 8.42 Å². The molecule has 0 aliphatic heterocycles. The van der Waals surface area contributed by atoms with Gasteiger partial charge in [0.25, 0.3) is 10.0 Å². The zero-order valence-corrected chi connectivity index (χ0v) is 12.2. The van der Waals surface area contributed by atoms with Crippen molar-refractivity contribution in [3.8, 4) is 0 Å². The number of benzene rings is 2. The van der Waals surface area contributed by atoms with Gasteiger partial charge in [0.2, 0.25) is 0 Å². The summed E-state index contributed by atoms with van der Waals surface area (Å²) in [7, 11) is -3.57. The maximum atomic E-state index is 12.3. The van der Waals surface area contributed by atoms with Crippen molar-refractivity contribution in [2.75, 3.05) is 4.72 Å². The molecule has 0 atom stereocenters. The normalized spacial score (nSPS) is 11.3. The smallest absolute Gasteiger partial charge is 0.262 e. The Morgan fingerprint density at radius 2 is 1.63 bits per heavy atom. The molecule has 0 radical (unpaired) electrons. The minimum atomic E-state index is -3.57. The molecule has 0 spiro atoms. The zero-order valence-electron chi connectivity index (χ0n) is 10.6. The number of aryl methyl sites for hydroxylation is 2. The van der Waals surface area contributed by atoms with Crippen molar-refractivity contribution in [1.29, 1.82) is 0 Å². The molecule has 0 aliphatic rings. The van der Waals surface area contributed by atoms with E-state index in [0.29, 0.717) is 10.7 Å². The zero-order chi connectivity index (χ0) is 14.0. The van der Waals surface area contributed by atoms with Crippen LogP contribution in [0.4, 0.5) is 5.69 Å². The first-order valence-electron chi connectivity index (χ1n) is 5.74. The molecule has 3 nitrogen and oxygen atoms in total. The standard InChI is InChI=1S/C14H14ClNO2S/c1-10-3-8-14(11(2)9-10)19(17,18)16-13-6-4-12(15)5-7-13/h3-9,16H,1-2H3. The van der Waals surface area contributed by atoms with Crippen LogP contribution in [0.1, 0.15) is 11.1 Å². The van der Waals surface area contributed by atoms with Gasteiger partial charge in [0, 0.05) is 10.7 Å². The van der Waals surface area contributed by atoms with Gasteiger partial charge in [-0.3, -0.25) is 4.72 Å². The second-order valence-corrected chi connectivity index (χ2v) is 6.47. The van der Waals surface area contributed by atoms with E-state index >= 15 is 0 Å². The third-order valence-corrected chi connectivity index (χ3v) is 4.51. The van der Waals surface area contributed by atoms with Crippen molar-refractivity contribution in [2.45, 2.75) is 18.7 Å². The van der Waals surface area contributed by atoms with E-state index in [-0.39, 0.29) is 4.90 Å². The first-order valence-corrected chi connectivity index (χ1v) is 7.60. The molecule has 2 rings (SSSR count). The molecule has 2 aromatic carbocycles. The lowest BCUT2D eigenvalue weighted by Crippen LogP contribution is -2.14. The fourth-order valence-corrected chi connectivity index (χ4v) is 3.24. The summed E-state index contributed by atoms with van der Waals surface area (Å²) in [6, 6.07) is 11.8. The molecule has 0 fully saturated rings. The molecule has 0 unspecified atom stereocenters. The van der Waals surface area contributed by atoms with Crippen LogP contribution < -0.4 is 4.72 Å². The predicted molar refractivity (Wildman–Crippen MR) is 78.2 cm³/mol. The lowest BCUT2D eigenvalue weighted by atomic mass is 10.2. The Morgan fingerprint density at radius 3 is 2.21 bits per heavy atom. The molecule has 19 heavy (non-hydrogen) atoms. The Labute approximate surface area is 118 Å². The Balaban J connectivity index is 2.35. The molecule has 0 aromatic heterocycles. The van der Waals surface area contributed by atoms with Crippen molar-refractivity contribution in [2.24, 2.45) is 0 Å². The molecule has 0 amide bonds. The molecule has 2 aromatic rings. The highest BCUT2D eigenvalue weighted by Gasteiger charge is 2.16. The maximum Gasteiger partial charge on any atom is 0.262 e. The van der Waals surface area contributed by atoms with E-state index in [1.807, 2.05) is 13.0 Å². The third-order valence-electron chi connectivity index (χ3n) is 2.72. The maximum absolute atomic E-state index is 12.3. The number of nitrogens with one attached hydrogen (secondary N) is 1. The summed E-state index contributed by atoms with van der Waals surface area (Å²) in [5, 5.41) is 0.564. The number of rotatable bonds is 3. The van der Waals surface area contributed by atoms with Crippen LogP contribution in [0.2, 0.25) is 5.02 Å². The van der Waals surface area contributed by atoms with Crippen molar-refractivity contribution in [3.63, 3.8) is 0 Å². The quantitative estimate of drug-likeness (QED) is 0.937. The molecular weight excluding hydrogens is 282 g/mol. The van der Waals surface area contributed by atoms with Gasteiger partial charge in [0.15, 0.2) is 0 Å². The van der Waals surface area contributed by atoms with E-state index in [4.69, 9.17) is 11.6 Å². The Hall–Kier alpha value is -1.52. The topological polar surface area (TPSA) is 46.2 Å². The Morgan fingerprint density at radius 1 is 1.00 bits per heavy atom. The highest BCUT2D eigenvalue weighted by Crippen LogP contribution is 2.21. The van der Waals surface area contributed by atoms with Crippen molar-refractivity contribution >= 4 is 27.3 Å². The van der Waals surface area contributed by atoms with Crippen LogP contribution in [0, 0.1) is 13.8 Å². The molecule has 0 saturated carbocycles. The average molecular weight is 296 g/mol. The van der Waals surface area contributed by atoms with Gasteiger partial charge in [0.1, 0.15) is 0 Å². The van der Waals surface area contributed by atoms with E-state index in [0.717, 1.165) is 11.1 Å². The van der Waals surface area contributed by atoms with Crippen LogP contribution in [0.3, 0.4) is 0 Å². The van der Waals surface area contributed by atoms with Gasteiger partial charge in [0.05, 0.1) is 4.90 Å². The van der Waals surface area contributed by atoms with E-state index in [9.17, 15) is 8.42 Å². The van der Waals surface area contributed by atoms with Gasteiger partial charge in [-0.05, 0) is 49.7 Å². The summed E-state index contributed by atoms with van der Waals surface area (Å²) in [6.07, 6.45) is 0. The average Bonchev–Trinajstić information content (AvgIpc) is 2.31. The first kappa shape index (κ1) is 13.9. The second-order valence-electron chi connectivity index (χ2n) is 4.38. The van der Waals surface area contributed by atoms with Crippen molar-refractivity contribution in [1.82, 2.24) is 0 Å². The Kier molecular flexibility index (Phi) is 3.83. The van der Waals surface area contributed by atoms with Crippen molar-refractivity contribution in [3.05, 3.63) is 58.6 Å². The minimum absolute atomic E-state index is 0.285. The van der Waals surface area contributed by atoms with E-state index in [1.165, 1.54) is 0 Å². The van der Waals surface area contributed by atoms with Crippen LogP contribution in [-0.4, -0.2) is 8.42 Å². The van der Waals surface area contributed by atoms with E-state index in [1.54, 1.807) is 43.3 Å². The minimum Gasteiger partial charge on any atom is -0.280 e. The van der Waals surface area contributed by atoms with Crippen LogP contribution in [0.5, 0.6) is 0 Å². The highest BCUT2D eigenvalue weighted by atomic mass is 35.5. The third kappa shape index (κ3) is 3.28. The van der Waals surface area contributed by atoms with Crippen LogP contribution in [0.15, 0.2) is 47.4 Å². The molecule has 0 heterocycles. The largest absolute Gasteiger partial charge is 0.280 e. The molecule has 1 N–H and O–H groups in total. The number of hydrogen-bond acceptors (Lipinski definition) is 2. The summed E-state index contributed by atoms with van der Waals surface area (Å²) in [5.41, 5.74) is 2.24. The molecule has 5 heteroatoms. The number of halogens is 1. The van der Waals surface area contributed by atoms with Gasteiger partial charge < -0.3 is 0 Å². The summed E-state index contributed by atoms with van der Waals surface area (Å²) >= 11 is 5.77. The second kappa shape index (κ2) is 5.23. The predicted octanol–water partition coefficient (Wildman–Crippen LogP) is 3.76. The molecular formula is C14H14ClNO2S. The fraction of sp³-hybridized carbons (Fsp3) is 0.143. The number of anilines is 1. The van der Waals surface area contributed by atoms with Gasteiger partial charge in [-0.1, -0.05) is 29.3 Å². The van der Waals surface area contributed by atoms with E-state index in [2.05, 4.69) is 4.72 Å². The van der Waals surface area contributed by atoms with Crippen LogP contribution in [0.25, 0.3) is 0 Å². The van der Waals surface area contributed by atoms with Gasteiger partial charge >= 0.3 is 0 Å². The summed E-state index contributed by atoms with van der Waals surface area (Å²) in [4.78, 5) is 0.285. The molecule has 0 aliphatic carbocycles. The van der Waals surface area contributed by atoms with Gasteiger partial charge in [-0.15, -0.1) is 0 Å². The van der Waals surface area contributed by atoms with Crippen LogP contribution >= 0.6 is 11.6 Å². The lowest BCUT2D eigenvalue weighted by Gasteiger charge is -2.11. The van der Waals surface area contributed by atoms with Gasteiger partial charge in [-0.2, -0.15) is 0 Å². The van der Waals surface area contributed by atoms with E-state index < -0.39 is 10.0 Å². The van der Waals surface area contributed by atoms with Crippen molar-refractivity contribution < 1.29 is 8.42 Å². The number of sulfonamides is 1.